The van der Waals surface area contributed by atoms with Gasteiger partial charge in [-0.05, 0) is 22.4 Å². The van der Waals surface area contributed by atoms with Gasteiger partial charge in [-0.2, -0.15) is 0 Å². The summed E-state index contributed by atoms with van der Waals surface area (Å²) in [5.74, 6) is -0.681. The van der Waals surface area contributed by atoms with Crippen LogP contribution in [0.3, 0.4) is 0 Å². The normalized spacial score (nSPS) is 12.5. The average Bonchev–Trinajstić information content (AvgIpc) is 2.59. The summed E-state index contributed by atoms with van der Waals surface area (Å²) in [7, 11) is -0.329. The van der Waals surface area contributed by atoms with Crippen LogP contribution in [0, 0.1) is 0 Å². The average molecular weight is 370 g/mol. The summed E-state index contributed by atoms with van der Waals surface area (Å²) in [5.41, 5.74) is 1.05. The van der Waals surface area contributed by atoms with Crippen molar-refractivity contribution in [1.29, 1.82) is 0 Å². The Balaban J connectivity index is 2.54. The second-order valence-corrected chi connectivity index (χ2v) is 12.0. The van der Waals surface area contributed by atoms with Crippen LogP contribution in [0.15, 0.2) is 49.1 Å². The fourth-order valence-electron chi connectivity index (χ4n) is 3.23. The zero-order chi connectivity index (χ0) is 19.3. The highest BCUT2D eigenvalue weighted by Crippen LogP contribution is 2.22. The molecule has 0 spiro atoms. The van der Waals surface area contributed by atoms with E-state index < -0.39 is 20.1 Å². The number of hydrogen-bond donors (Lipinski definition) is 1. The number of ether oxygens (including phenoxy) is 1. The molecule has 2 aromatic carbocycles. The highest BCUT2D eigenvalue weighted by Gasteiger charge is 2.25. The third-order valence-corrected chi connectivity index (χ3v) is 7.83. The number of carbonyl (C=O) groups is 2. The van der Waals surface area contributed by atoms with E-state index in [0.717, 1.165) is 22.4 Å². The Morgan fingerprint density at radius 1 is 1.27 bits per heavy atom. The number of nitrogens with one attached hydrogen (secondary N) is 1. The molecule has 1 N–H and O–H groups in total. The van der Waals surface area contributed by atoms with Crippen LogP contribution in [-0.2, 0) is 20.7 Å². The number of hydrogen-bond acceptors (Lipinski definition) is 3. The molecule has 26 heavy (non-hydrogen) atoms. The summed E-state index contributed by atoms with van der Waals surface area (Å²) < 4.78 is 4.88. The van der Waals surface area contributed by atoms with Gasteiger partial charge in [0.25, 0.3) is 0 Å². The Morgan fingerprint density at radius 3 is 2.58 bits per heavy atom. The zero-order valence-corrected chi connectivity index (χ0v) is 17.0. The molecule has 0 aliphatic heterocycles. The fourth-order valence-corrected chi connectivity index (χ4v) is 5.30. The predicted octanol–water partition coefficient (Wildman–Crippen LogP) is 3.16. The van der Waals surface area contributed by atoms with E-state index in [2.05, 4.69) is 49.3 Å². The number of rotatable bonds is 7. The van der Waals surface area contributed by atoms with Crippen molar-refractivity contribution in [3.63, 3.8) is 0 Å². The SMILES string of the molecule is C=CC[Si](C)(C)c1cc(C[C@H](NC(C)=O)C(=O)OC)c2ccccc2c1. The van der Waals surface area contributed by atoms with Gasteiger partial charge in [0.2, 0.25) is 5.91 Å². The van der Waals surface area contributed by atoms with Crippen LogP contribution in [0.2, 0.25) is 19.1 Å². The second-order valence-electron chi connectivity index (χ2n) is 7.21. The molecule has 0 unspecified atom stereocenters. The van der Waals surface area contributed by atoms with Crippen LogP contribution in [-0.4, -0.2) is 33.1 Å². The molecule has 0 aromatic heterocycles. The fraction of sp³-hybridized carbons (Fsp3) is 0.333. The molecule has 0 radical (unpaired) electrons. The number of benzene rings is 2. The van der Waals surface area contributed by atoms with Gasteiger partial charge >= 0.3 is 5.97 Å². The van der Waals surface area contributed by atoms with Crippen molar-refractivity contribution in [3.8, 4) is 0 Å². The van der Waals surface area contributed by atoms with Gasteiger partial charge in [0, 0.05) is 13.3 Å². The lowest BCUT2D eigenvalue weighted by Gasteiger charge is -2.24. The van der Waals surface area contributed by atoms with E-state index in [4.69, 9.17) is 4.74 Å². The van der Waals surface area contributed by atoms with Gasteiger partial charge in [0.05, 0.1) is 15.2 Å². The first-order valence-electron chi connectivity index (χ1n) is 8.76. The molecule has 4 nitrogen and oxygen atoms in total. The largest absolute Gasteiger partial charge is 0.467 e. The predicted molar refractivity (Wildman–Crippen MR) is 109 cm³/mol. The molecule has 0 fully saturated rings. The van der Waals surface area contributed by atoms with Crippen LogP contribution >= 0.6 is 0 Å². The van der Waals surface area contributed by atoms with E-state index >= 15 is 0 Å². The number of carbonyl (C=O) groups excluding carboxylic acids is 2. The topological polar surface area (TPSA) is 55.4 Å². The third-order valence-electron chi connectivity index (χ3n) is 4.67. The summed E-state index contributed by atoms with van der Waals surface area (Å²) >= 11 is 0. The maximum Gasteiger partial charge on any atom is 0.328 e. The Labute approximate surface area is 156 Å². The molecule has 2 rings (SSSR count). The van der Waals surface area contributed by atoms with E-state index in [1.54, 1.807) is 0 Å². The standard InChI is InChI=1S/C21H27NO3Si/c1-6-11-26(4,5)18-12-16-9-7-8-10-19(16)17(13-18)14-20(21(24)25-3)22-15(2)23/h6-10,12-13,20H,1,11,14H2,2-5H3,(H,22,23)/t20-/m0/s1. The van der Waals surface area contributed by atoms with Crippen molar-refractivity contribution in [2.24, 2.45) is 0 Å². The minimum Gasteiger partial charge on any atom is -0.467 e. The van der Waals surface area contributed by atoms with Gasteiger partial charge in [0.15, 0.2) is 0 Å². The van der Waals surface area contributed by atoms with E-state index in [9.17, 15) is 9.59 Å². The maximum atomic E-state index is 12.1. The molecule has 2 aromatic rings. The van der Waals surface area contributed by atoms with Gasteiger partial charge < -0.3 is 10.1 Å². The van der Waals surface area contributed by atoms with Crippen LogP contribution in [0.5, 0.6) is 0 Å². The number of fused-ring (bicyclic) bond motifs is 1. The lowest BCUT2D eigenvalue weighted by atomic mass is 9.98. The molecule has 1 amide bonds. The van der Waals surface area contributed by atoms with Gasteiger partial charge in [-0.1, -0.05) is 60.8 Å². The Kier molecular flexibility index (Phi) is 6.37. The second kappa shape index (κ2) is 8.32. The Hall–Kier alpha value is -2.40. The maximum absolute atomic E-state index is 12.1. The number of amides is 1. The molecule has 0 bridgehead atoms. The molecular formula is C21H27NO3Si. The van der Waals surface area contributed by atoms with Crippen molar-refractivity contribution in [2.75, 3.05) is 7.11 Å². The van der Waals surface area contributed by atoms with Crippen molar-refractivity contribution in [1.82, 2.24) is 5.32 Å². The van der Waals surface area contributed by atoms with E-state index in [1.807, 2.05) is 18.2 Å². The lowest BCUT2D eigenvalue weighted by Crippen LogP contribution is -2.43. The molecular weight excluding hydrogens is 342 g/mol. The van der Waals surface area contributed by atoms with E-state index in [0.29, 0.717) is 6.42 Å². The monoisotopic (exact) mass is 369 g/mol. The first-order valence-corrected chi connectivity index (χ1v) is 12.0. The summed E-state index contributed by atoms with van der Waals surface area (Å²) in [6.07, 6.45) is 2.38. The van der Waals surface area contributed by atoms with Crippen LogP contribution in [0.1, 0.15) is 12.5 Å². The molecule has 0 aliphatic carbocycles. The highest BCUT2D eigenvalue weighted by atomic mass is 28.3. The van der Waals surface area contributed by atoms with Gasteiger partial charge in [-0.25, -0.2) is 4.79 Å². The van der Waals surface area contributed by atoms with Crippen molar-refractivity contribution < 1.29 is 14.3 Å². The van der Waals surface area contributed by atoms with E-state index in [-0.39, 0.29) is 5.91 Å². The van der Waals surface area contributed by atoms with E-state index in [1.165, 1.54) is 19.2 Å². The van der Waals surface area contributed by atoms with Crippen molar-refractivity contribution in [3.05, 3.63) is 54.6 Å². The number of allylic oxidation sites excluding steroid dienone is 1. The first-order chi connectivity index (χ1) is 12.3. The summed E-state index contributed by atoms with van der Waals surface area (Å²) in [5, 5.41) is 6.27. The van der Waals surface area contributed by atoms with Gasteiger partial charge in [-0.15, -0.1) is 6.58 Å². The third kappa shape index (κ3) is 4.61. The molecule has 138 valence electrons. The van der Waals surface area contributed by atoms with Crippen molar-refractivity contribution >= 4 is 35.9 Å². The lowest BCUT2D eigenvalue weighted by molar-refractivity contribution is -0.144. The van der Waals surface area contributed by atoms with Crippen LogP contribution < -0.4 is 10.5 Å². The summed E-state index contributed by atoms with van der Waals surface area (Å²) in [4.78, 5) is 23.6. The molecule has 5 heteroatoms. The van der Waals surface area contributed by atoms with Crippen molar-refractivity contribution in [2.45, 2.75) is 38.5 Å². The quantitative estimate of drug-likeness (QED) is 0.463. The number of methoxy groups -OCH3 is 1. The highest BCUT2D eigenvalue weighted by molar-refractivity contribution is 6.90. The Morgan fingerprint density at radius 2 is 1.96 bits per heavy atom. The summed E-state index contributed by atoms with van der Waals surface area (Å²) in [6.45, 7) is 9.93. The molecule has 0 saturated carbocycles. The zero-order valence-electron chi connectivity index (χ0n) is 16.0. The number of esters is 1. The minimum absolute atomic E-state index is 0.248. The van der Waals surface area contributed by atoms with Crippen LogP contribution in [0.4, 0.5) is 0 Å². The van der Waals surface area contributed by atoms with Gasteiger partial charge in [0.1, 0.15) is 6.04 Å². The Bertz CT molecular complexity index is 829. The molecule has 0 aliphatic rings. The van der Waals surface area contributed by atoms with Crippen LogP contribution in [0.25, 0.3) is 10.8 Å². The summed E-state index contributed by atoms with van der Waals surface area (Å²) in [6, 6.07) is 12.9. The van der Waals surface area contributed by atoms with Gasteiger partial charge in [-0.3, -0.25) is 4.79 Å². The molecule has 0 saturated heterocycles. The first kappa shape index (κ1) is 19.9. The molecule has 0 heterocycles. The smallest absolute Gasteiger partial charge is 0.328 e. The molecule has 1 atom stereocenters. The minimum atomic E-state index is -1.67.